The van der Waals surface area contributed by atoms with E-state index in [1.807, 2.05) is 0 Å². The largest absolute Gasteiger partial charge is 0.416 e. The van der Waals surface area contributed by atoms with E-state index in [-0.39, 0.29) is 5.56 Å². The molecule has 1 aromatic carbocycles. The van der Waals surface area contributed by atoms with Crippen LogP contribution in [0.25, 0.3) is 0 Å². The lowest BCUT2D eigenvalue weighted by Crippen LogP contribution is -2.09. The molecular weight excluding hydrogens is 239 g/mol. The van der Waals surface area contributed by atoms with Gasteiger partial charge in [-0.2, -0.15) is 13.2 Å². The Kier molecular flexibility index (Phi) is 3.72. The van der Waals surface area contributed by atoms with Crippen molar-refractivity contribution in [1.29, 1.82) is 0 Å². The molecule has 0 aliphatic heterocycles. The number of hydrogen-bond donors (Lipinski definition) is 1. The Morgan fingerprint density at radius 3 is 2.41 bits per heavy atom. The van der Waals surface area contributed by atoms with Gasteiger partial charge in [0.2, 0.25) is 0 Å². The summed E-state index contributed by atoms with van der Waals surface area (Å²) in [4.78, 5) is 9.58. The Hall–Kier alpha value is -1.63. The molecule has 1 N–H and O–H groups in total. The number of aliphatic hydroxyl groups is 1. The minimum Gasteiger partial charge on any atom is -0.396 e. The predicted molar refractivity (Wildman–Crippen MR) is 53.3 cm³/mol. The molecule has 17 heavy (non-hydrogen) atoms. The first-order valence-corrected chi connectivity index (χ1v) is 4.56. The average Bonchev–Trinajstić information content (AvgIpc) is 2.26. The van der Waals surface area contributed by atoms with Gasteiger partial charge in [0.05, 0.1) is 10.5 Å². The Balaban J connectivity index is 3.34. The predicted octanol–water partition coefficient (Wildman–Crippen LogP) is 2.52. The summed E-state index contributed by atoms with van der Waals surface area (Å²) < 4.78 is 37.4. The first-order valence-electron chi connectivity index (χ1n) is 4.56. The van der Waals surface area contributed by atoms with Crippen molar-refractivity contribution in [3.05, 3.63) is 46.4 Å². The van der Waals surface area contributed by atoms with E-state index in [0.717, 1.165) is 12.1 Å². The molecule has 0 saturated carbocycles. The molecule has 7 heteroatoms. The fourth-order valence-corrected chi connectivity index (χ4v) is 1.24. The van der Waals surface area contributed by atoms with Crippen LogP contribution in [0.2, 0.25) is 0 Å². The molecule has 0 aliphatic carbocycles. The highest BCUT2D eigenvalue weighted by Gasteiger charge is 2.33. The minimum absolute atomic E-state index is 0.0194. The monoisotopic (exact) mass is 248 g/mol. The maximum Gasteiger partial charge on any atom is 0.416 e. The molecule has 0 aromatic heterocycles. The van der Waals surface area contributed by atoms with Gasteiger partial charge in [-0.05, 0) is 18.6 Å². The van der Waals surface area contributed by atoms with Crippen molar-refractivity contribution in [2.75, 3.05) is 6.61 Å². The molecule has 4 nitrogen and oxygen atoms in total. The maximum atomic E-state index is 12.5. The molecule has 1 aromatic rings. The second kappa shape index (κ2) is 4.70. The fourth-order valence-electron chi connectivity index (χ4n) is 1.24. The quantitative estimate of drug-likeness (QED) is 0.660. The average molecular weight is 248 g/mol. The van der Waals surface area contributed by atoms with Crippen LogP contribution in [0.4, 0.5) is 18.9 Å². The number of benzene rings is 1. The van der Waals surface area contributed by atoms with E-state index in [2.05, 4.69) is 6.92 Å². The van der Waals surface area contributed by atoms with E-state index in [9.17, 15) is 23.3 Å². The summed E-state index contributed by atoms with van der Waals surface area (Å²) >= 11 is 0. The van der Waals surface area contributed by atoms with Gasteiger partial charge >= 0.3 is 6.18 Å². The van der Waals surface area contributed by atoms with Gasteiger partial charge in [-0.25, -0.2) is 0 Å². The van der Waals surface area contributed by atoms with Crippen molar-refractivity contribution in [1.82, 2.24) is 0 Å². The molecule has 0 spiro atoms. The molecule has 0 heterocycles. The lowest BCUT2D eigenvalue weighted by molar-refractivity contribution is -0.385. The van der Waals surface area contributed by atoms with Crippen LogP contribution in [0.15, 0.2) is 18.2 Å². The lowest BCUT2D eigenvalue weighted by Gasteiger charge is -2.12. The Bertz CT molecular complexity index is 431. The maximum absolute atomic E-state index is 12.5. The van der Waals surface area contributed by atoms with Crippen molar-refractivity contribution < 1.29 is 23.2 Å². The topological polar surface area (TPSA) is 63.4 Å². The van der Waals surface area contributed by atoms with Crippen LogP contribution in [0.5, 0.6) is 0 Å². The smallest absolute Gasteiger partial charge is 0.396 e. The van der Waals surface area contributed by atoms with E-state index in [4.69, 9.17) is 5.11 Å². The minimum atomic E-state index is -4.67. The number of alkyl halides is 3. The van der Waals surface area contributed by atoms with Crippen LogP contribution in [-0.4, -0.2) is 16.6 Å². The van der Waals surface area contributed by atoms with E-state index in [0.29, 0.717) is 6.07 Å². The third kappa shape index (κ3) is 3.16. The summed E-state index contributed by atoms with van der Waals surface area (Å²) in [5.74, 6) is -0.837. The third-order valence-electron chi connectivity index (χ3n) is 2.17. The van der Waals surface area contributed by atoms with E-state index in [1.165, 1.54) is 0 Å². The van der Waals surface area contributed by atoms with Crippen LogP contribution >= 0.6 is 0 Å². The highest BCUT2D eigenvalue weighted by atomic mass is 19.4. The van der Waals surface area contributed by atoms with Gasteiger partial charge in [-0.1, -0.05) is 0 Å². The highest BCUT2D eigenvalue weighted by molar-refractivity contribution is 5.42. The normalized spacial score (nSPS) is 13.5. The summed E-state index contributed by atoms with van der Waals surface area (Å²) in [6.45, 7) is 2.92. The summed E-state index contributed by atoms with van der Waals surface area (Å²) in [5, 5.41) is 19.3. The summed E-state index contributed by atoms with van der Waals surface area (Å²) in [6.07, 6.45) is -4.67. The van der Waals surface area contributed by atoms with Crippen molar-refractivity contribution in [3.63, 3.8) is 0 Å². The number of hydrogen-bond acceptors (Lipinski definition) is 3. The van der Waals surface area contributed by atoms with Crippen LogP contribution in [0, 0.1) is 17.0 Å². The molecule has 0 saturated heterocycles. The first-order chi connectivity index (χ1) is 7.75. The number of aliphatic hydroxyl groups excluding tert-OH is 1. The highest BCUT2D eigenvalue weighted by Crippen LogP contribution is 2.34. The van der Waals surface area contributed by atoms with Gasteiger partial charge in [-0.15, -0.1) is 0 Å². The van der Waals surface area contributed by atoms with Gasteiger partial charge in [0.1, 0.15) is 0 Å². The van der Waals surface area contributed by atoms with Gasteiger partial charge in [0, 0.05) is 24.7 Å². The lowest BCUT2D eigenvalue weighted by atomic mass is 9.99. The Morgan fingerprint density at radius 2 is 2.00 bits per heavy atom. The molecular formula is C10H9F3NO3. The van der Waals surface area contributed by atoms with Crippen molar-refractivity contribution in [3.8, 4) is 0 Å². The van der Waals surface area contributed by atoms with Crippen LogP contribution in [0.1, 0.15) is 17.0 Å². The molecule has 0 bridgehead atoms. The zero-order valence-corrected chi connectivity index (χ0v) is 8.57. The van der Waals surface area contributed by atoms with Crippen LogP contribution in [-0.2, 0) is 6.18 Å². The number of halogens is 3. The number of non-ortho nitro benzene ring substituents is 1. The Labute approximate surface area is 94.8 Å². The molecule has 0 amide bonds. The van der Waals surface area contributed by atoms with Gasteiger partial charge in [0.15, 0.2) is 0 Å². The number of nitro groups is 1. The molecule has 93 valence electrons. The summed E-state index contributed by atoms with van der Waals surface area (Å²) in [7, 11) is 0. The van der Waals surface area contributed by atoms with Gasteiger partial charge in [-0.3, -0.25) is 10.1 Å². The van der Waals surface area contributed by atoms with E-state index in [1.54, 1.807) is 0 Å². The third-order valence-corrected chi connectivity index (χ3v) is 2.17. The standard InChI is InChI=1S/C10H9F3NO3/c1-6(5-15)7-2-8(10(11,12)13)4-9(3-7)14(16)17/h2-4,6,15H,1,5H2. The van der Waals surface area contributed by atoms with Crippen LogP contribution in [0.3, 0.4) is 0 Å². The molecule has 1 rings (SSSR count). The first kappa shape index (κ1) is 13.4. The van der Waals surface area contributed by atoms with Crippen molar-refractivity contribution >= 4 is 5.69 Å². The van der Waals surface area contributed by atoms with E-state index < -0.39 is 34.9 Å². The van der Waals surface area contributed by atoms with Gasteiger partial charge < -0.3 is 5.11 Å². The second-order valence-corrected chi connectivity index (χ2v) is 3.45. The Morgan fingerprint density at radius 1 is 1.41 bits per heavy atom. The summed E-state index contributed by atoms with van der Waals surface area (Å²) in [5.41, 5.74) is -1.81. The van der Waals surface area contributed by atoms with E-state index >= 15 is 0 Å². The molecule has 1 unspecified atom stereocenters. The SMILES string of the molecule is [CH2]C(CO)c1cc([N+](=O)[O-])cc(C(F)(F)F)c1. The van der Waals surface area contributed by atoms with Crippen molar-refractivity contribution in [2.24, 2.45) is 0 Å². The second-order valence-electron chi connectivity index (χ2n) is 3.45. The number of nitrogens with zero attached hydrogens (tertiary/aromatic N) is 1. The van der Waals surface area contributed by atoms with Gasteiger partial charge in [0.25, 0.3) is 5.69 Å². The zero-order chi connectivity index (χ0) is 13.2. The van der Waals surface area contributed by atoms with Crippen LogP contribution < -0.4 is 0 Å². The molecule has 0 aliphatic rings. The summed E-state index contributed by atoms with van der Waals surface area (Å²) in [6, 6.07) is 2.18. The number of rotatable bonds is 3. The molecule has 0 fully saturated rings. The molecule has 1 atom stereocenters. The zero-order valence-electron chi connectivity index (χ0n) is 8.57. The van der Waals surface area contributed by atoms with Crippen molar-refractivity contribution in [2.45, 2.75) is 12.1 Å². The number of nitro benzene ring substituents is 1. The fraction of sp³-hybridized carbons (Fsp3) is 0.300. The molecule has 1 radical (unpaired) electrons.